The fourth-order valence-electron chi connectivity index (χ4n) is 0.926. The molecule has 0 aromatic carbocycles. The molecule has 2 aromatic heterocycles. The third-order valence-corrected chi connectivity index (χ3v) is 1.60. The Hall–Kier alpha value is -1.82. The average molecular weight is 191 g/mol. The summed E-state index contributed by atoms with van der Waals surface area (Å²) < 4.78 is 4.91. The summed E-state index contributed by atoms with van der Waals surface area (Å²) in [5.74, 6) is 1.17. The summed E-state index contributed by atoms with van der Waals surface area (Å²) in [6, 6.07) is 1.44. The highest BCUT2D eigenvalue weighted by Crippen LogP contribution is 2.12. The molecule has 2 aromatic rings. The van der Waals surface area contributed by atoms with Gasteiger partial charge in [0, 0.05) is 12.4 Å². The lowest BCUT2D eigenvalue weighted by Crippen LogP contribution is -2.04. The minimum Gasteiger partial charge on any atom is -0.337 e. The fourth-order valence-corrected chi connectivity index (χ4v) is 0.926. The number of aromatic nitrogens is 4. The van der Waals surface area contributed by atoms with Gasteiger partial charge < -0.3 is 10.3 Å². The van der Waals surface area contributed by atoms with E-state index in [-0.39, 0.29) is 6.04 Å². The Balaban J connectivity index is 2.34. The van der Waals surface area contributed by atoms with E-state index in [0.717, 1.165) is 0 Å². The van der Waals surface area contributed by atoms with Crippen molar-refractivity contribution < 1.29 is 4.52 Å². The van der Waals surface area contributed by atoms with Crippen molar-refractivity contribution in [3.05, 3.63) is 24.4 Å². The van der Waals surface area contributed by atoms with Crippen LogP contribution in [0.15, 0.2) is 23.0 Å². The van der Waals surface area contributed by atoms with Crippen LogP contribution in [0, 0.1) is 0 Å². The fraction of sp³-hybridized carbons (Fsp3) is 0.250. The van der Waals surface area contributed by atoms with Crippen LogP contribution in [0.25, 0.3) is 11.6 Å². The van der Waals surface area contributed by atoms with Gasteiger partial charge in [0.2, 0.25) is 17.5 Å². The quantitative estimate of drug-likeness (QED) is 0.745. The van der Waals surface area contributed by atoms with Crippen LogP contribution in [0.5, 0.6) is 0 Å². The van der Waals surface area contributed by atoms with E-state index < -0.39 is 0 Å². The van der Waals surface area contributed by atoms with Crippen molar-refractivity contribution in [3.63, 3.8) is 0 Å². The summed E-state index contributed by atoms with van der Waals surface area (Å²) in [5, 5.41) is 3.72. The molecule has 14 heavy (non-hydrogen) atoms. The predicted octanol–water partition coefficient (Wildman–Crippen LogP) is 0.546. The SMILES string of the molecule is CC(N)c1nc(-c2ncccn2)no1. The van der Waals surface area contributed by atoms with E-state index in [1.807, 2.05) is 0 Å². The maximum absolute atomic E-state index is 5.57. The standard InChI is InChI=1S/C8H9N5O/c1-5(9)8-12-7(13-14-8)6-10-3-2-4-11-6/h2-5H,9H2,1H3. The predicted molar refractivity (Wildman–Crippen MR) is 47.9 cm³/mol. The molecule has 6 nitrogen and oxygen atoms in total. The third-order valence-electron chi connectivity index (χ3n) is 1.60. The summed E-state index contributed by atoms with van der Waals surface area (Å²) in [5.41, 5.74) is 5.57. The van der Waals surface area contributed by atoms with Crippen LogP contribution in [0.4, 0.5) is 0 Å². The van der Waals surface area contributed by atoms with E-state index in [1.54, 1.807) is 25.4 Å². The first-order chi connectivity index (χ1) is 6.77. The van der Waals surface area contributed by atoms with E-state index in [4.69, 9.17) is 10.3 Å². The van der Waals surface area contributed by atoms with Crippen LogP contribution in [-0.4, -0.2) is 20.1 Å². The molecule has 0 fully saturated rings. The maximum atomic E-state index is 5.57. The second kappa shape index (κ2) is 3.51. The molecule has 2 N–H and O–H groups in total. The molecule has 0 saturated carbocycles. The molecular weight excluding hydrogens is 182 g/mol. The minimum atomic E-state index is -0.278. The Labute approximate surface area is 80.2 Å². The van der Waals surface area contributed by atoms with Crippen LogP contribution in [0.3, 0.4) is 0 Å². The summed E-state index contributed by atoms with van der Waals surface area (Å²) >= 11 is 0. The van der Waals surface area contributed by atoms with Gasteiger partial charge in [-0.05, 0) is 13.0 Å². The van der Waals surface area contributed by atoms with Gasteiger partial charge in [-0.2, -0.15) is 4.98 Å². The minimum absolute atomic E-state index is 0.278. The molecule has 0 amide bonds. The third kappa shape index (κ3) is 1.60. The zero-order chi connectivity index (χ0) is 9.97. The van der Waals surface area contributed by atoms with Crippen molar-refractivity contribution >= 4 is 0 Å². The zero-order valence-electron chi connectivity index (χ0n) is 7.58. The van der Waals surface area contributed by atoms with E-state index in [1.165, 1.54) is 0 Å². The van der Waals surface area contributed by atoms with E-state index in [0.29, 0.717) is 17.5 Å². The van der Waals surface area contributed by atoms with Crippen molar-refractivity contribution in [2.45, 2.75) is 13.0 Å². The Morgan fingerprint density at radius 3 is 2.57 bits per heavy atom. The van der Waals surface area contributed by atoms with Crippen LogP contribution in [0.1, 0.15) is 18.9 Å². The lowest BCUT2D eigenvalue weighted by atomic mass is 10.4. The van der Waals surface area contributed by atoms with Gasteiger partial charge in [0.25, 0.3) is 0 Å². The van der Waals surface area contributed by atoms with Gasteiger partial charge in [-0.25, -0.2) is 9.97 Å². The Morgan fingerprint density at radius 2 is 2.00 bits per heavy atom. The largest absolute Gasteiger partial charge is 0.337 e. The van der Waals surface area contributed by atoms with Crippen LogP contribution in [-0.2, 0) is 0 Å². The number of nitrogens with zero attached hydrogens (tertiary/aromatic N) is 4. The molecule has 0 saturated heterocycles. The molecular formula is C8H9N5O. The highest BCUT2D eigenvalue weighted by Gasteiger charge is 2.12. The Morgan fingerprint density at radius 1 is 1.29 bits per heavy atom. The summed E-state index contributed by atoms with van der Waals surface area (Å²) in [6.07, 6.45) is 3.23. The van der Waals surface area contributed by atoms with Gasteiger partial charge in [0.05, 0.1) is 6.04 Å². The Bertz CT molecular complexity index is 411. The first kappa shape index (κ1) is 8.76. The van der Waals surface area contributed by atoms with E-state index in [9.17, 15) is 0 Å². The molecule has 6 heteroatoms. The topological polar surface area (TPSA) is 90.7 Å². The Kier molecular flexibility index (Phi) is 2.19. The van der Waals surface area contributed by atoms with Crippen molar-refractivity contribution in [3.8, 4) is 11.6 Å². The van der Waals surface area contributed by atoms with Gasteiger partial charge in [0.15, 0.2) is 0 Å². The lowest BCUT2D eigenvalue weighted by molar-refractivity contribution is 0.362. The molecule has 1 unspecified atom stereocenters. The first-order valence-electron chi connectivity index (χ1n) is 4.14. The summed E-state index contributed by atoms with van der Waals surface area (Å²) in [6.45, 7) is 1.77. The highest BCUT2D eigenvalue weighted by atomic mass is 16.5. The second-order valence-corrected chi connectivity index (χ2v) is 2.82. The second-order valence-electron chi connectivity index (χ2n) is 2.82. The van der Waals surface area contributed by atoms with Crippen LogP contribution < -0.4 is 5.73 Å². The van der Waals surface area contributed by atoms with Gasteiger partial charge in [-0.15, -0.1) is 0 Å². The molecule has 0 radical (unpaired) electrons. The first-order valence-corrected chi connectivity index (χ1v) is 4.14. The zero-order valence-corrected chi connectivity index (χ0v) is 7.58. The number of hydrogen-bond donors (Lipinski definition) is 1. The molecule has 0 aliphatic heterocycles. The van der Waals surface area contributed by atoms with Gasteiger partial charge in [-0.3, -0.25) is 0 Å². The number of nitrogens with two attached hydrogens (primary N) is 1. The molecule has 2 rings (SSSR count). The molecule has 0 spiro atoms. The molecule has 2 heterocycles. The van der Waals surface area contributed by atoms with Crippen molar-refractivity contribution in [2.75, 3.05) is 0 Å². The molecule has 0 aliphatic carbocycles. The summed E-state index contributed by atoms with van der Waals surface area (Å²) in [7, 11) is 0. The van der Waals surface area contributed by atoms with Gasteiger partial charge >= 0.3 is 0 Å². The van der Waals surface area contributed by atoms with E-state index in [2.05, 4.69) is 20.1 Å². The van der Waals surface area contributed by atoms with Crippen LogP contribution in [0.2, 0.25) is 0 Å². The monoisotopic (exact) mass is 191 g/mol. The van der Waals surface area contributed by atoms with E-state index >= 15 is 0 Å². The number of rotatable bonds is 2. The van der Waals surface area contributed by atoms with Gasteiger partial charge in [-0.1, -0.05) is 5.16 Å². The molecule has 0 bridgehead atoms. The van der Waals surface area contributed by atoms with Gasteiger partial charge in [0.1, 0.15) is 0 Å². The highest BCUT2D eigenvalue weighted by molar-refractivity contribution is 5.40. The summed E-state index contributed by atoms with van der Waals surface area (Å²) in [4.78, 5) is 12.0. The van der Waals surface area contributed by atoms with Crippen LogP contribution >= 0.6 is 0 Å². The number of hydrogen-bond acceptors (Lipinski definition) is 6. The molecule has 72 valence electrons. The smallest absolute Gasteiger partial charge is 0.243 e. The normalized spacial score (nSPS) is 12.7. The molecule has 0 aliphatic rings. The maximum Gasteiger partial charge on any atom is 0.243 e. The van der Waals surface area contributed by atoms with Crippen molar-refractivity contribution in [2.24, 2.45) is 5.73 Å². The van der Waals surface area contributed by atoms with Crippen molar-refractivity contribution in [1.29, 1.82) is 0 Å². The average Bonchev–Trinajstić information content (AvgIpc) is 2.68. The van der Waals surface area contributed by atoms with Crippen molar-refractivity contribution in [1.82, 2.24) is 20.1 Å². The lowest BCUT2D eigenvalue weighted by Gasteiger charge is -1.92. The molecule has 1 atom stereocenters.